The average molecular weight is 388 g/mol. The molecule has 7 nitrogen and oxygen atoms in total. The van der Waals surface area contributed by atoms with E-state index in [9.17, 15) is 14.4 Å². The molecule has 1 saturated heterocycles. The Kier molecular flexibility index (Phi) is 5.09. The van der Waals surface area contributed by atoms with Crippen LogP contribution in [0, 0.1) is 0 Å². The van der Waals surface area contributed by atoms with E-state index in [2.05, 4.69) is 21.2 Å². The van der Waals surface area contributed by atoms with E-state index in [0.29, 0.717) is 15.8 Å². The van der Waals surface area contributed by atoms with Crippen LogP contribution in [0.1, 0.15) is 5.56 Å². The van der Waals surface area contributed by atoms with Crippen LogP contribution in [-0.4, -0.2) is 35.9 Å². The highest BCUT2D eigenvalue weighted by Crippen LogP contribution is 2.38. The zero-order chi connectivity index (χ0) is 16.3. The number of rotatable bonds is 5. The number of benzene rings is 1. The molecule has 9 heteroatoms. The third-order valence-electron chi connectivity index (χ3n) is 2.53. The minimum atomic E-state index is -1.11. The number of thioether (sulfide) groups is 1. The number of nitrogens with one attached hydrogen (secondary N) is 1. The van der Waals surface area contributed by atoms with Crippen molar-refractivity contribution in [1.82, 2.24) is 5.32 Å². The van der Waals surface area contributed by atoms with Crippen LogP contribution in [0.2, 0.25) is 0 Å². The smallest absolute Gasteiger partial charge is 0.341 e. The number of carboxylic acids is 1. The molecule has 2 rings (SSSR count). The number of amides is 2. The third kappa shape index (κ3) is 3.80. The molecule has 0 radical (unpaired) electrons. The van der Waals surface area contributed by atoms with Gasteiger partial charge in [0.2, 0.25) is 0 Å². The molecule has 1 aromatic carbocycles. The molecule has 0 aromatic heterocycles. The predicted octanol–water partition coefficient (Wildman–Crippen LogP) is 2.24. The lowest BCUT2D eigenvalue weighted by atomic mass is 10.2. The Morgan fingerprint density at radius 3 is 2.73 bits per heavy atom. The van der Waals surface area contributed by atoms with Crippen LogP contribution in [-0.2, 0) is 9.59 Å². The number of hydrogen-bond donors (Lipinski definition) is 2. The maximum atomic E-state index is 11.5. The van der Waals surface area contributed by atoms with E-state index in [4.69, 9.17) is 14.6 Å². The molecular formula is C13H10BrNO6S. The summed E-state index contributed by atoms with van der Waals surface area (Å²) in [6.07, 6.45) is 1.53. The quantitative estimate of drug-likeness (QED) is 0.746. The van der Waals surface area contributed by atoms with Crippen molar-refractivity contribution in [3.63, 3.8) is 0 Å². The summed E-state index contributed by atoms with van der Waals surface area (Å²) in [7, 11) is 1.41. The van der Waals surface area contributed by atoms with Crippen LogP contribution < -0.4 is 14.8 Å². The van der Waals surface area contributed by atoms with Crippen LogP contribution in [0.25, 0.3) is 6.08 Å². The van der Waals surface area contributed by atoms with E-state index in [1.165, 1.54) is 13.2 Å². The maximum Gasteiger partial charge on any atom is 0.341 e. The second kappa shape index (κ2) is 6.84. The first-order chi connectivity index (χ1) is 10.4. The standard InChI is InChI=1S/C13H10BrNO6S/c1-20-8-3-6(4-9-12(18)15-13(19)22-9)2-7(14)11(8)21-5-10(16)17/h2-4H,5H2,1H3,(H,16,17)(H,15,18,19)/b9-4-. The van der Waals surface area contributed by atoms with Crippen LogP contribution in [0.15, 0.2) is 21.5 Å². The molecule has 0 saturated carbocycles. The molecule has 0 aliphatic carbocycles. The van der Waals surface area contributed by atoms with Crippen LogP contribution in [0.4, 0.5) is 4.79 Å². The molecule has 0 unspecified atom stereocenters. The third-order valence-corrected chi connectivity index (χ3v) is 3.93. The molecule has 1 fully saturated rings. The lowest BCUT2D eigenvalue weighted by Gasteiger charge is -2.12. The molecule has 1 aliphatic heterocycles. The van der Waals surface area contributed by atoms with Crippen molar-refractivity contribution in [1.29, 1.82) is 0 Å². The van der Waals surface area contributed by atoms with Crippen molar-refractivity contribution >= 4 is 50.9 Å². The highest BCUT2D eigenvalue weighted by molar-refractivity contribution is 9.10. The fourth-order valence-electron chi connectivity index (χ4n) is 1.67. The number of carboxylic acid groups (broad SMARTS) is 1. The highest BCUT2D eigenvalue weighted by Gasteiger charge is 2.25. The minimum absolute atomic E-state index is 0.242. The first kappa shape index (κ1) is 16.4. The molecule has 2 amide bonds. The first-order valence-corrected chi connectivity index (χ1v) is 7.48. The molecule has 1 heterocycles. The summed E-state index contributed by atoms with van der Waals surface area (Å²) in [5.41, 5.74) is 0.596. The van der Waals surface area contributed by atoms with Crippen LogP contribution in [0.3, 0.4) is 0 Å². The van der Waals surface area contributed by atoms with E-state index in [1.807, 2.05) is 0 Å². The van der Waals surface area contributed by atoms with Crippen molar-refractivity contribution in [2.45, 2.75) is 0 Å². The molecule has 0 spiro atoms. The second-order valence-corrected chi connectivity index (χ2v) is 5.94. The van der Waals surface area contributed by atoms with Gasteiger partial charge in [0.1, 0.15) is 0 Å². The normalized spacial score (nSPS) is 15.8. The van der Waals surface area contributed by atoms with E-state index in [0.717, 1.165) is 11.8 Å². The Bertz CT molecular complexity index is 687. The molecular weight excluding hydrogens is 378 g/mol. The Labute approximate surface area is 137 Å². The summed E-state index contributed by atoms with van der Waals surface area (Å²) in [6, 6.07) is 3.20. The van der Waals surface area contributed by atoms with Crippen molar-refractivity contribution in [2.75, 3.05) is 13.7 Å². The number of hydrogen-bond acceptors (Lipinski definition) is 6. The van der Waals surface area contributed by atoms with Gasteiger partial charge in [0.25, 0.3) is 11.1 Å². The number of carbonyl (C=O) groups is 3. The predicted molar refractivity (Wildman–Crippen MR) is 82.9 cm³/mol. The summed E-state index contributed by atoms with van der Waals surface area (Å²) < 4.78 is 10.8. The topological polar surface area (TPSA) is 102 Å². The number of methoxy groups -OCH3 is 1. The van der Waals surface area contributed by atoms with E-state index < -0.39 is 23.7 Å². The van der Waals surface area contributed by atoms with Gasteiger partial charge < -0.3 is 14.6 Å². The number of carbonyl (C=O) groups excluding carboxylic acids is 2. The van der Waals surface area contributed by atoms with Crippen LogP contribution >= 0.6 is 27.7 Å². The summed E-state index contributed by atoms with van der Waals surface area (Å²) in [6.45, 7) is -0.512. The monoisotopic (exact) mass is 387 g/mol. The molecule has 22 heavy (non-hydrogen) atoms. The summed E-state index contributed by atoms with van der Waals surface area (Å²) in [5, 5.41) is 10.4. The van der Waals surface area contributed by atoms with Crippen molar-refractivity contribution in [2.24, 2.45) is 0 Å². The molecule has 2 N–H and O–H groups in total. The van der Waals surface area contributed by atoms with Gasteiger partial charge in [-0.3, -0.25) is 14.9 Å². The Balaban J connectivity index is 2.33. The second-order valence-electron chi connectivity index (χ2n) is 4.07. The van der Waals surface area contributed by atoms with Crippen LogP contribution in [0.5, 0.6) is 11.5 Å². The number of ether oxygens (including phenoxy) is 2. The van der Waals surface area contributed by atoms with Crippen molar-refractivity contribution < 1.29 is 29.0 Å². The highest BCUT2D eigenvalue weighted by atomic mass is 79.9. The molecule has 1 aromatic rings. The Hall–Kier alpha value is -2.00. The lowest BCUT2D eigenvalue weighted by molar-refractivity contribution is -0.139. The maximum absolute atomic E-state index is 11.5. The summed E-state index contributed by atoms with van der Waals surface area (Å²) in [5.74, 6) is -1.03. The van der Waals surface area contributed by atoms with Crippen molar-refractivity contribution in [3.05, 3.63) is 27.1 Å². The van der Waals surface area contributed by atoms with Gasteiger partial charge in [0.15, 0.2) is 18.1 Å². The minimum Gasteiger partial charge on any atom is -0.493 e. The molecule has 1 aliphatic rings. The summed E-state index contributed by atoms with van der Waals surface area (Å²) >= 11 is 4.07. The molecule has 116 valence electrons. The van der Waals surface area contributed by atoms with E-state index in [1.54, 1.807) is 12.1 Å². The number of aliphatic carboxylic acids is 1. The molecule has 0 bridgehead atoms. The fraction of sp³-hybridized carbons (Fsp3) is 0.154. The van der Waals surface area contributed by atoms with Crippen molar-refractivity contribution in [3.8, 4) is 11.5 Å². The van der Waals surface area contributed by atoms with Gasteiger partial charge in [-0.05, 0) is 51.5 Å². The average Bonchev–Trinajstić information content (AvgIpc) is 2.74. The Morgan fingerprint density at radius 2 is 2.18 bits per heavy atom. The van der Waals surface area contributed by atoms with Gasteiger partial charge >= 0.3 is 5.97 Å². The zero-order valence-corrected chi connectivity index (χ0v) is 13.6. The van der Waals surface area contributed by atoms with Gasteiger partial charge in [-0.25, -0.2) is 4.79 Å². The van der Waals surface area contributed by atoms with E-state index in [-0.39, 0.29) is 10.7 Å². The SMILES string of the molecule is COc1cc(/C=C2\SC(=O)NC2=O)cc(Br)c1OCC(=O)O. The number of halogens is 1. The first-order valence-electron chi connectivity index (χ1n) is 5.87. The van der Waals surface area contributed by atoms with Gasteiger partial charge in [0, 0.05) is 0 Å². The van der Waals surface area contributed by atoms with Gasteiger partial charge in [-0.1, -0.05) is 0 Å². The van der Waals surface area contributed by atoms with Gasteiger partial charge in [0.05, 0.1) is 16.5 Å². The van der Waals surface area contributed by atoms with Gasteiger partial charge in [-0.15, -0.1) is 0 Å². The number of imide groups is 1. The van der Waals surface area contributed by atoms with E-state index >= 15 is 0 Å². The fourth-order valence-corrected chi connectivity index (χ4v) is 2.93. The summed E-state index contributed by atoms with van der Waals surface area (Å²) in [4.78, 5) is 33.5. The zero-order valence-electron chi connectivity index (χ0n) is 11.2. The van der Waals surface area contributed by atoms with Gasteiger partial charge in [-0.2, -0.15) is 0 Å². The Morgan fingerprint density at radius 1 is 1.45 bits per heavy atom. The largest absolute Gasteiger partial charge is 0.493 e. The molecule has 0 atom stereocenters. The lowest BCUT2D eigenvalue weighted by Crippen LogP contribution is -2.17.